The Bertz CT molecular complexity index is 1670. The predicted octanol–water partition coefficient (Wildman–Crippen LogP) is 5.79. The summed E-state index contributed by atoms with van der Waals surface area (Å²) in [6, 6.07) is 20.5. The van der Waals surface area contributed by atoms with Gasteiger partial charge < -0.3 is 16.1 Å². The zero-order valence-corrected chi connectivity index (χ0v) is 23.7. The summed E-state index contributed by atoms with van der Waals surface area (Å²) in [5, 5.41) is 20.4. The quantitative estimate of drug-likeness (QED) is 0.191. The fraction of sp³-hybridized carbons (Fsp3) is 0.258. The number of halogens is 1. The largest absolute Gasteiger partial charge is 0.378 e. The van der Waals surface area contributed by atoms with E-state index >= 15 is 0 Å². The van der Waals surface area contributed by atoms with Crippen molar-refractivity contribution in [3.63, 3.8) is 0 Å². The van der Waals surface area contributed by atoms with Gasteiger partial charge in [-0.2, -0.15) is 5.26 Å². The van der Waals surface area contributed by atoms with Crippen LogP contribution in [-0.4, -0.2) is 28.9 Å². The fourth-order valence-corrected chi connectivity index (χ4v) is 5.61. The van der Waals surface area contributed by atoms with Gasteiger partial charge in [-0.3, -0.25) is 15.0 Å². The molecule has 1 aliphatic heterocycles. The minimum absolute atomic E-state index is 0.0109. The molecule has 6 rings (SSSR count). The van der Waals surface area contributed by atoms with E-state index in [9.17, 15) is 5.26 Å². The molecule has 0 bridgehead atoms. The normalized spacial score (nSPS) is 16.8. The lowest BCUT2D eigenvalue weighted by molar-refractivity contribution is 0.260. The van der Waals surface area contributed by atoms with Crippen molar-refractivity contribution in [2.45, 2.75) is 50.6 Å². The molecular weight excluding hydrogens is 531 g/mol. The molecule has 4 aromatic rings. The first-order chi connectivity index (χ1) is 19.9. The predicted molar refractivity (Wildman–Crippen MR) is 164 cm³/mol. The van der Waals surface area contributed by atoms with E-state index in [1.54, 1.807) is 12.4 Å². The van der Waals surface area contributed by atoms with Crippen LogP contribution in [0.15, 0.2) is 78.9 Å². The number of nitrogens with one attached hydrogen (secondary N) is 4. The molecule has 3 heterocycles. The highest BCUT2D eigenvalue weighted by atomic mass is 35.5. The molecule has 204 valence electrons. The number of rotatable bonds is 9. The Balaban J connectivity index is 1.45. The third kappa shape index (κ3) is 5.17. The average Bonchev–Trinajstić information content (AvgIpc) is 3.71. The number of nitriles is 1. The molecule has 1 unspecified atom stereocenters. The Labute approximate surface area is 246 Å². The monoisotopic (exact) mass is 560 g/mol. The number of benzene rings is 2. The highest BCUT2D eigenvalue weighted by Gasteiger charge is 2.38. The first-order valence-electron chi connectivity index (χ1n) is 13.8. The van der Waals surface area contributed by atoms with E-state index in [0.29, 0.717) is 33.5 Å². The van der Waals surface area contributed by atoms with Gasteiger partial charge in [-0.05, 0) is 55.5 Å². The van der Waals surface area contributed by atoms with Crippen LogP contribution < -0.4 is 21.6 Å². The van der Waals surface area contributed by atoms with Gasteiger partial charge in [0.25, 0.3) is 0 Å². The molecule has 4 N–H and O–H groups in total. The zero-order valence-electron chi connectivity index (χ0n) is 22.9. The van der Waals surface area contributed by atoms with Crippen molar-refractivity contribution in [3.05, 3.63) is 106 Å². The van der Waals surface area contributed by atoms with Crippen LogP contribution in [-0.2, 0) is 5.44 Å². The van der Waals surface area contributed by atoms with Gasteiger partial charge in [0.2, 0.25) is 0 Å². The maximum absolute atomic E-state index is 10.0. The summed E-state index contributed by atoms with van der Waals surface area (Å²) in [6.45, 7) is 4.05. The number of fused-ring (bicyclic) bond motifs is 1. The molecule has 2 aromatic carbocycles. The second-order valence-corrected chi connectivity index (χ2v) is 10.9. The van der Waals surface area contributed by atoms with E-state index in [2.05, 4.69) is 61.7 Å². The van der Waals surface area contributed by atoms with Crippen LogP contribution in [0, 0.1) is 18.3 Å². The first-order valence-corrected chi connectivity index (χ1v) is 14.1. The summed E-state index contributed by atoms with van der Waals surface area (Å²) in [5.74, 6) is 0. The van der Waals surface area contributed by atoms with E-state index in [4.69, 9.17) is 19.4 Å². The summed E-state index contributed by atoms with van der Waals surface area (Å²) in [5.41, 5.74) is 11.2. The Morgan fingerprint density at radius 3 is 2.71 bits per heavy atom. The number of anilines is 2. The van der Waals surface area contributed by atoms with Crippen LogP contribution in [0.3, 0.4) is 0 Å². The molecular formula is C31H30BClN8. The molecule has 2 aromatic heterocycles. The van der Waals surface area contributed by atoms with E-state index < -0.39 is 5.44 Å². The minimum Gasteiger partial charge on any atom is -0.378 e. The summed E-state index contributed by atoms with van der Waals surface area (Å²) in [4.78, 5) is 9.05. The molecule has 0 saturated heterocycles. The van der Waals surface area contributed by atoms with Crippen LogP contribution in [0.4, 0.5) is 11.4 Å². The summed E-state index contributed by atoms with van der Waals surface area (Å²) in [7, 11) is 7.23. The summed E-state index contributed by atoms with van der Waals surface area (Å²) in [6.07, 6.45) is 8.40. The number of aromatic nitrogens is 2. The number of hydrogen-bond acceptors (Lipinski definition) is 8. The molecule has 1 aliphatic carbocycles. The maximum Gasteiger partial charge on any atom is 0.119 e. The van der Waals surface area contributed by atoms with E-state index in [-0.39, 0.29) is 6.04 Å². The van der Waals surface area contributed by atoms with Gasteiger partial charge in [-0.25, -0.2) is 0 Å². The number of hydrazine groups is 2. The van der Waals surface area contributed by atoms with Gasteiger partial charge >= 0.3 is 0 Å². The molecule has 2 aliphatic rings. The van der Waals surface area contributed by atoms with Crippen LogP contribution in [0.2, 0.25) is 5.02 Å². The number of pyridine rings is 2. The molecule has 41 heavy (non-hydrogen) atoms. The first kappa shape index (κ1) is 26.9. The Hall–Kier alpha value is -4.26. The Morgan fingerprint density at radius 2 is 2.00 bits per heavy atom. The van der Waals surface area contributed by atoms with Gasteiger partial charge in [-0.1, -0.05) is 54.9 Å². The van der Waals surface area contributed by atoms with E-state index in [0.717, 1.165) is 47.2 Å². The Morgan fingerprint density at radius 1 is 1.20 bits per heavy atom. The third-order valence-electron chi connectivity index (χ3n) is 7.70. The van der Waals surface area contributed by atoms with Gasteiger partial charge in [-0.15, -0.1) is 5.53 Å². The average molecular weight is 561 g/mol. The topological polar surface area (TPSA) is 101 Å². The van der Waals surface area contributed by atoms with Crippen molar-refractivity contribution in [1.29, 1.82) is 5.26 Å². The van der Waals surface area contributed by atoms with Crippen LogP contribution >= 0.6 is 11.6 Å². The van der Waals surface area contributed by atoms with Crippen molar-refractivity contribution < 1.29 is 0 Å². The van der Waals surface area contributed by atoms with Crippen molar-refractivity contribution >= 4 is 41.7 Å². The minimum atomic E-state index is -1.17. The van der Waals surface area contributed by atoms with Crippen LogP contribution in [0.1, 0.15) is 54.6 Å². The lowest BCUT2D eigenvalue weighted by atomic mass is 9.69. The second kappa shape index (κ2) is 11.0. The number of aryl methyl sites for hydroxylation is 1. The SMILES string of the molecule is [B]C(Nc1cc(Cl)c2ncc(C#N)c(N[C@H](CC)c3ccccc3)c2c1)(C1=CN(C2CC2)NN1)c1cccnc1C. The maximum atomic E-state index is 10.0. The van der Waals surface area contributed by atoms with Crippen molar-refractivity contribution in [3.8, 4) is 6.07 Å². The lowest BCUT2D eigenvalue weighted by Gasteiger charge is -2.35. The molecule has 0 amide bonds. The highest BCUT2D eigenvalue weighted by molar-refractivity contribution is 6.36. The van der Waals surface area contributed by atoms with Crippen molar-refractivity contribution in [2.24, 2.45) is 0 Å². The van der Waals surface area contributed by atoms with Gasteiger partial charge in [0.05, 0.1) is 39.0 Å². The number of hydrogen-bond donors (Lipinski definition) is 4. The molecule has 10 heteroatoms. The molecule has 2 radical (unpaired) electrons. The molecule has 0 spiro atoms. The van der Waals surface area contributed by atoms with Crippen LogP contribution in [0.5, 0.6) is 0 Å². The van der Waals surface area contributed by atoms with Gasteiger partial charge in [0, 0.05) is 41.4 Å². The highest BCUT2D eigenvalue weighted by Crippen LogP contribution is 2.39. The smallest absolute Gasteiger partial charge is 0.119 e. The molecule has 8 nitrogen and oxygen atoms in total. The van der Waals surface area contributed by atoms with E-state index in [1.807, 2.05) is 55.6 Å². The van der Waals surface area contributed by atoms with Crippen molar-refractivity contribution in [2.75, 3.05) is 10.6 Å². The Kier molecular flexibility index (Phi) is 7.20. The second-order valence-electron chi connectivity index (χ2n) is 10.5. The molecule has 2 atom stereocenters. The zero-order chi connectivity index (χ0) is 28.6. The van der Waals surface area contributed by atoms with Gasteiger partial charge in [0.15, 0.2) is 0 Å². The summed E-state index contributed by atoms with van der Waals surface area (Å²) < 4.78 is 0. The lowest BCUT2D eigenvalue weighted by Crippen LogP contribution is -2.46. The number of nitrogens with zero attached hydrogens (tertiary/aromatic N) is 4. The van der Waals surface area contributed by atoms with E-state index in [1.165, 1.54) is 0 Å². The van der Waals surface area contributed by atoms with Gasteiger partial charge in [0.1, 0.15) is 13.9 Å². The molecule has 1 saturated carbocycles. The standard InChI is InChI=1S/C31H30BClN8/c1-3-27(20-8-5-4-6-9-20)37-29-21(16-34)17-36-30-24(29)14-22(15-26(30)33)38-31(32,25-10-7-13-35-19(25)2)28-18-41(40-39-28)23-11-12-23/h4-10,13-15,17-18,23,27,38-40H,3,11-12H2,1-2H3,(H,36,37)/t27-,31?/m1/s1. The third-order valence-corrected chi connectivity index (χ3v) is 7.99. The fourth-order valence-electron chi connectivity index (χ4n) is 5.34. The summed E-state index contributed by atoms with van der Waals surface area (Å²) >= 11 is 6.84. The van der Waals surface area contributed by atoms with Crippen molar-refractivity contribution in [1.82, 2.24) is 25.9 Å². The molecule has 1 fully saturated rings. The van der Waals surface area contributed by atoms with Crippen LogP contribution in [0.25, 0.3) is 10.9 Å².